The molecule has 2 rings (SSSR count). The molecule has 1 aliphatic rings. The van der Waals surface area contributed by atoms with Crippen molar-refractivity contribution in [3.63, 3.8) is 0 Å². The lowest BCUT2D eigenvalue weighted by Crippen LogP contribution is -2.08. The Morgan fingerprint density at radius 2 is 1.95 bits per heavy atom. The average Bonchev–Trinajstić information content (AvgIpc) is 3.00. The fourth-order valence-electron chi connectivity index (χ4n) is 2.40. The number of carboxylic acid groups (broad SMARTS) is 1. The van der Waals surface area contributed by atoms with Gasteiger partial charge in [0.25, 0.3) is 0 Å². The SMILES string of the molecule is CCCc1ccc(C(=O)CC(=CC2=CC=CC2)C(=O)O)cc1. The van der Waals surface area contributed by atoms with E-state index in [1.165, 1.54) is 5.56 Å². The molecule has 3 nitrogen and oxygen atoms in total. The van der Waals surface area contributed by atoms with E-state index < -0.39 is 5.97 Å². The Morgan fingerprint density at radius 3 is 2.50 bits per heavy atom. The standard InChI is InChI=1S/C19H20O3/c1-2-5-14-8-10-16(11-9-14)18(20)13-17(19(21)22)12-15-6-3-4-7-15/h3-4,6,8-12H,2,5,7,13H2,1H3,(H,21,22). The van der Waals surface area contributed by atoms with Crippen molar-refractivity contribution in [3.05, 3.63) is 70.8 Å². The number of carbonyl (C=O) groups excluding carboxylic acids is 1. The van der Waals surface area contributed by atoms with Gasteiger partial charge in [0.2, 0.25) is 0 Å². The maximum Gasteiger partial charge on any atom is 0.332 e. The smallest absolute Gasteiger partial charge is 0.332 e. The summed E-state index contributed by atoms with van der Waals surface area (Å²) in [6.07, 6.45) is 9.99. The summed E-state index contributed by atoms with van der Waals surface area (Å²) in [5, 5.41) is 9.28. The van der Waals surface area contributed by atoms with Gasteiger partial charge in [0, 0.05) is 17.6 Å². The second-order valence-corrected chi connectivity index (χ2v) is 5.40. The number of benzene rings is 1. The zero-order chi connectivity index (χ0) is 15.9. The molecule has 0 heterocycles. The molecule has 3 heteroatoms. The highest BCUT2D eigenvalue weighted by atomic mass is 16.4. The van der Waals surface area contributed by atoms with E-state index in [1.807, 2.05) is 30.4 Å². The van der Waals surface area contributed by atoms with Gasteiger partial charge in [0.05, 0.1) is 0 Å². The van der Waals surface area contributed by atoms with E-state index in [2.05, 4.69) is 6.92 Å². The van der Waals surface area contributed by atoms with Crippen LogP contribution in [0.4, 0.5) is 0 Å². The Hall–Kier alpha value is -2.42. The van der Waals surface area contributed by atoms with Crippen LogP contribution in [0.2, 0.25) is 0 Å². The molecule has 0 aliphatic heterocycles. The zero-order valence-electron chi connectivity index (χ0n) is 12.7. The van der Waals surface area contributed by atoms with Crippen LogP contribution in [0.3, 0.4) is 0 Å². The normalized spacial score (nSPS) is 14.0. The number of aliphatic carboxylic acids is 1. The number of hydrogen-bond donors (Lipinski definition) is 1. The van der Waals surface area contributed by atoms with E-state index in [0.717, 1.165) is 24.8 Å². The Balaban J connectivity index is 2.09. The minimum Gasteiger partial charge on any atom is -0.478 e. The average molecular weight is 296 g/mol. The quantitative estimate of drug-likeness (QED) is 0.608. The third-order valence-corrected chi connectivity index (χ3v) is 3.60. The van der Waals surface area contributed by atoms with Gasteiger partial charge >= 0.3 is 5.97 Å². The van der Waals surface area contributed by atoms with Crippen molar-refractivity contribution < 1.29 is 14.7 Å². The topological polar surface area (TPSA) is 54.4 Å². The molecule has 0 saturated heterocycles. The lowest BCUT2D eigenvalue weighted by molar-refractivity contribution is -0.132. The van der Waals surface area contributed by atoms with Gasteiger partial charge in [0.1, 0.15) is 0 Å². The summed E-state index contributed by atoms with van der Waals surface area (Å²) in [6, 6.07) is 7.43. The van der Waals surface area contributed by atoms with Crippen molar-refractivity contribution in [1.82, 2.24) is 0 Å². The van der Waals surface area contributed by atoms with Gasteiger partial charge in [-0.1, -0.05) is 55.8 Å². The summed E-state index contributed by atoms with van der Waals surface area (Å²) >= 11 is 0. The van der Waals surface area contributed by atoms with Gasteiger partial charge in [-0.3, -0.25) is 4.79 Å². The first-order valence-electron chi connectivity index (χ1n) is 7.52. The molecule has 0 radical (unpaired) electrons. The molecule has 0 saturated carbocycles. The summed E-state index contributed by atoms with van der Waals surface area (Å²) in [5.74, 6) is -1.20. The van der Waals surface area contributed by atoms with Crippen molar-refractivity contribution in [3.8, 4) is 0 Å². The summed E-state index contributed by atoms with van der Waals surface area (Å²) in [4.78, 5) is 23.6. The molecule has 0 amide bonds. The lowest BCUT2D eigenvalue weighted by Gasteiger charge is -2.05. The van der Waals surface area contributed by atoms with E-state index in [0.29, 0.717) is 5.56 Å². The van der Waals surface area contributed by atoms with Crippen LogP contribution in [0, 0.1) is 0 Å². The molecule has 22 heavy (non-hydrogen) atoms. The fourth-order valence-corrected chi connectivity index (χ4v) is 2.40. The van der Waals surface area contributed by atoms with E-state index in [4.69, 9.17) is 0 Å². The van der Waals surface area contributed by atoms with Crippen LogP contribution in [-0.4, -0.2) is 16.9 Å². The predicted molar refractivity (Wildman–Crippen MR) is 86.9 cm³/mol. The number of Topliss-reactive ketones (excluding diaryl/α,β-unsaturated/α-hetero) is 1. The van der Waals surface area contributed by atoms with Gasteiger partial charge in [-0.2, -0.15) is 0 Å². The third-order valence-electron chi connectivity index (χ3n) is 3.60. The highest BCUT2D eigenvalue weighted by molar-refractivity contribution is 6.03. The molecule has 0 atom stereocenters. The summed E-state index contributed by atoms with van der Waals surface area (Å²) in [7, 11) is 0. The van der Waals surface area contributed by atoms with Gasteiger partial charge < -0.3 is 5.11 Å². The molecule has 0 fully saturated rings. The highest BCUT2D eigenvalue weighted by Gasteiger charge is 2.15. The summed E-state index contributed by atoms with van der Waals surface area (Å²) in [5.41, 5.74) is 2.81. The molecule has 0 spiro atoms. The minimum atomic E-state index is -1.04. The van der Waals surface area contributed by atoms with Crippen LogP contribution in [0.15, 0.2) is 59.7 Å². The summed E-state index contributed by atoms with van der Waals surface area (Å²) < 4.78 is 0. The van der Waals surface area contributed by atoms with Gasteiger partial charge in [-0.25, -0.2) is 4.79 Å². The Labute approximate surface area is 130 Å². The van der Waals surface area contributed by atoms with Crippen LogP contribution < -0.4 is 0 Å². The Bertz CT molecular complexity index is 646. The van der Waals surface area contributed by atoms with E-state index >= 15 is 0 Å². The predicted octanol–water partition coefficient (Wildman–Crippen LogP) is 4.11. The lowest BCUT2D eigenvalue weighted by atomic mass is 9.99. The molecule has 1 N–H and O–H groups in total. The number of carbonyl (C=O) groups is 2. The maximum atomic E-state index is 12.3. The van der Waals surface area contributed by atoms with Crippen LogP contribution >= 0.6 is 0 Å². The van der Waals surface area contributed by atoms with Gasteiger partial charge in [0.15, 0.2) is 5.78 Å². The van der Waals surface area contributed by atoms with Crippen molar-refractivity contribution in [2.45, 2.75) is 32.6 Å². The number of carboxylic acids is 1. The first-order valence-corrected chi connectivity index (χ1v) is 7.52. The van der Waals surface area contributed by atoms with Crippen LogP contribution in [0.1, 0.15) is 42.1 Å². The van der Waals surface area contributed by atoms with Crippen molar-refractivity contribution in [2.75, 3.05) is 0 Å². The van der Waals surface area contributed by atoms with E-state index in [1.54, 1.807) is 18.2 Å². The Morgan fingerprint density at radius 1 is 1.23 bits per heavy atom. The van der Waals surface area contributed by atoms with Crippen LogP contribution in [-0.2, 0) is 11.2 Å². The number of rotatable bonds is 7. The Kier molecular flexibility index (Phi) is 5.48. The highest BCUT2D eigenvalue weighted by Crippen LogP contribution is 2.18. The molecular formula is C19H20O3. The number of allylic oxidation sites excluding steroid dienone is 5. The fraction of sp³-hybridized carbons (Fsp3) is 0.263. The van der Waals surface area contributed by atoms with Crippen LogP contribution in [0.25, 0.3) is 0 Å². The van der Waals surface area contributed by atoms with Crippen molar-refractivity contribution in [1.29, 1.82) is 0 Å². The van der Waals surface area contributed by atoms with Crippen molar-refractivity contribution in [2.24, 2.45) is 0 Å². The molecular weight excluding hydrogens is 276 g/mol. The molecule has 0 unspecified atom stereocenters. The van der Waals surface area contributed by atoms with Crippen molar-refractivity contribution >= 4 is 11.8 Å². The van der Waals surface area contributed by atoms with E-state index in [9.17, 15) is 14.7 Å². The maximum absolute atomic E-state index is 12.3. The number of ketones is 1. The van der Waals surface area contributed by atoms with Gasteiger partial charge in [-0.05, 0) is 30.1 Å². The third kappa shape index (κ3) is 4.29. The van der Waals surface area contributed by atoms with Gasteiger partial charge in [-0.15, -0.1) is 0 Å². The minimum absolute atomic E-state index is 0.0835. The molecule has 1 aromatic carbocycles. The largest absolute Gasteiger partial charge is 0.478 e. The molecule has 1 aliphatic carbocycles. The summed E-state index contributed by atoms with van der Waals surface area (Å²) in [6.45, 7) is 2.11. The number of hydrogen-bond acceptors (Lipinski definition) is 2. The van der Waals surface area contributed by atoms with Crippen LogP contribution in [0.5, 0.6) is 0 Å². The molecule has 0 aromatic heterocycles. The zero-order valence-corrected chi connectivity index (χ0v) is 12.7. The first kappa shape index (κ1) is 16.0. The first-order chi connectivity index (χ1) is 10.6. The second kappa shape index (κ2) is 7.55. The monoisotopic (exact) mass is 296 g/mol. The van der Waals surface area contributed by atoms with E-state index in [-0.39, 0.29) is 17.8 Å². The molecule has 0 bridgehead atoms. The number of aryl methyl sites for hydroxylation is 1. The second-order valence-electron chi connectivity index (χ2n) is 5.40. The molecule has 1 aromatic rings. The molecule has 114 valence electrons.